The van der Waals surface area contributed by atoms with E-state index in [0.717, 1.165) is 0 Å². The second-order valence-electron chi connectivity index (χ2n) is 10.7. The Kier molecular flexibility index (Phi) is 7.23. The molecule has 1 saturated heterocycles. The largest absolute Gasteiger partial charge is 0.411 e. The molecule has 0 aromatic heterocycles. The van der Waals surface area contributed by atoms with E-state index >= 15 is 0 Å². The Morgan fingerprint density at radius 3 is 2.21 bits per heavy atom. The quantitative estimate of drug-likeness (QED) is 0.620. The smallest absolute Gasteiger partial charge is 0.192 e. The average Bonchev–Trinajstić information content (AvgIpc) is 3.01. The molecule has 1 aromatic rings. The van der Waals surface area contributed by atoms with Crippen LogP contribution in [0.1, 0.15) is 54.0 Å². The van der Waals surface area contributed by atoms with Gasteiger partial charge in [0.25, 0.3) is 0 Å². The molecule has 1 aliphatic heterocycles. The summed E-state index contributed by atoms with van der Waals surface area (Å²) in [5.41, 5.74) is -0.399. The molecule has 0 radical (unpaired) electrons. The summed E-state index contributed by atoms with van der Waals surface area (Å²) < 4.78 is 43.3. The van der Waals surface area contributed by atoms with E-state index in [1.807, 2.05) is 33.8 Å². The monoisotopic (exact) mass is 443 g/mol. The Hall–Kier alpha value is -0.603. The van der Waals surface area contributed by atoms with Gasteiger partial charge >= 0.3 is 0 Å². The van der Waals surface area contributed by atoms with Crippen molar-refractivity contribution >= 4 is 19.3 Å². The predicted octanol–water partition coefficient (Wildman–Crippen LogP) is 5.13. The number of benzene rings is 1. The van der Waals surface area contributed by atoms with Crippen LogP contribution in [-0.4, -0.2) is 36.6 Å². The van der Waals surface area contributed by atoms with E-state index in [0.29, 0.717) is 18.8 Å². The van der Waals surface area contributed by atoms with E-state index in [4.69, 9.17) is 9.16 Å². The minimum Gasteiger partial charge on any atom is -0.411 e. The minimum atomic E-state index is -2.06. The molecule has 0 bridgehead atoms. The summed E-state index contributed by atoms with van der Waals surface area (Å²) in [6.45, 7) is 19.6. The molecule has 1 heterocycles. The molecule has 0 unspecified atom stereocenters. The molecule has 0 saturated carbocycles. The summed E-state index contributed by atoms with van der Waals surface area (Å²) in [6, 6.07) is 6.71. The third-order valence-electron chi connectivity index (χ3n) is 6.32. The van der Waals surface area contributed by atoms with Crippen molar-refractivity contribution < 1.29 is 17.8 Å². The molecule has 0 amide bonds. The van der Waals surface area contributed by atoms with E-state index in [2.05, 4.69) is 38.6 Å². The summed E-state index contributed by atoms with van der Waals surface area (Å²) in [5, 5.41) is 0.0518. The Balaban J connectivity index is 2.48. The molecule has 29 heavy (non-hydrogen) atoms. The number of halogens is 1. The first-order valence-corrected chi connectivity index (χ1v) is 14.4. The highest BCUT2D eigenvalue weighted by atomic mass is 32.2. The van der Waals surface area contributed by atoms with Gasteiger partial charge in [-0.15, -0.1) is 0 Å². The highest BCUT2D eigenvalue weighted by molar-refractivity contribution is 7.84. The number of hydrogen-bond donors (Lipinski definition) is 1. The zero-order valence-corrected chi connectivity index (χ0v) is 21.2. The Bertz CT molecular complexity index is 744. The lowest BCUT2D eigenvalue weighted by atomic mass is 9.78. The van der Waals surface area contributed by atoms with Gasteiger partial charge in [-0.05, 0) is 51.9 Å². The summed E-state index contributed by atoms with van der Waals surface area (Å²) in [6.07, 6.45) is -0.190. The molecule has 1 N–H and O–H groups in total. The lowest BCUT2D eigenvalue weighted by Crippen LogP contribution is -2.56. The van der Waals surface area contributed by atoms with Gasteiger partial charge in [-0.3, -0.25) is 0 Å². The van der Waals surface area contributed by atoms with Gasteiger partial charge in [-0.2, -0.15) is 0 Å². The van der Waals surface area contributed by atoms with Crippen LogP contribution in [0.2, 0.25) is 18.1 Å². The maximum Gasteiger partial charge on any atom is 0.192 e. The first kappa shape index (κ1) is 24.7. The molecule has 4 atom stereocenters. The molecule has 1 fully saturated rings. The van der Waals surface area contributed by atoms with Gasteiger partial charge in [0.2, 0.25) is 0 Å². The lowest BCUT2D eigenvalue weighted by Gasteiger charge is -2.44. The average molecular weight is 444 g/mol. The first-order chi connectivity index (χ1) is 13.1. The molecule has 0 spiro atoms. The van der Waals surface area contributed by atoms with Gasteiger partial charge in [0.15, 0.2) is 8.32 Å². The molecular weight excluding hydrogens is 405 g/mol. The fourth-order valence-electron chi connectivity index (χ4n) is 3.30. The summed E-state index contributed by atoms with van der Waals surface area (Å²) in [7, 11) is -3.44. The molecule has 4 nitrogen and oxygen atoms in total. The predicted molar refractivity (Wildman–Crippen MR) is 121 cm³/mol. The SMILES string of the molecule is CC(C)(C)[S@](=O)N[C@](C)(c1ccccc1F)[C@H]1COC[C@H]1O[Si](C)(C)C(C)(C)C. The van der Waals surface area contributed by atoms with E-state index in [1.165, 1.54) is 6.07 Å². The summed E-state index contributed by atoms with van der Waals surface area (Å²) >= 11 is 0. The van der Waals surface area contributed by atoms with Gasteiger partial charge < -0.3 is 9.16 Å². The van der Waals surface area contributed by atoms with Crippen molar-refractivity contribution in [1.29, 1.82) is 0 Å². The van der Waals surface area contributed by atoms with E-state index in [1.54, 1.807) is 12.1 Å². The molecule has 1 aromatic carbocycles. The van der Waals surface area contributed by atoms with Crippen LogP contribution < -0.4 is 4.72 Å². The third kappa shape index (κ3) is 5.36. The molecule has 2 rings (SSSR count). The van der Waals surface area contributed by atoms with Crippen molar-refractivity contribution in [2.24, 2.45) is 5.92 Å². The van der Waals surface area contributed by atoms with Crippen LogP contribution in [-0.2, 0) is 25.7 Å². The van der Waals surface area contributed by atoms with Crippen molar-refractivity contribution in [3.63, 3.8) is 0 Å². The first-order valence-electron chi connectivity index (χ1n) is 10.3. The lowest BCUT2D eigenvalue weighted by molar-refractivity contribution is 0.100. The topological polar surface area (TPSA) is 47.6 Å². The summed E-state index contributed by atoms with van der Waals surface area (Å²) in [5.74, 6) is -0.480. The zero-order chi connectivity index (χ0) is 22.3. The van der Waals surface area contributed by atoms with E-state index in [-0.39, 0.29) is 22.9 Å². The van der Waals surface area contributed by atoms with Crippen molar-refractivity contribution in [3.05, 3.63) is 35.6 Å². The van der Waals surface area contributed by atoms with Gasteiger partial charge in [-0.1, -0.05) is 39.0 Å². The fraction of sp³-hybridized carbons (Fsp3) is 0.727. The van der Waals surface area contributed by atoms with Crippen molar-refractivity contribution in [3.8, 4) is 0 Å². The Morgan fingerprint density at radius 2 is 1.69 bits per heavy atom. The van der Waals surface area contributed by atoms with Gasteiger partial charge in [-0.25, -0.2) is 13.3 Å². The second-order valence-corrected chi connectivity index (χ2v) is 17.4. The van der Waals surface area contributed by atoms with Gasteiger partial charge in [0.05, 0.1) is 40.6 Å². The normalized spacial score (nSPS) is 24.3. The van der Waals surface area contributed by atoms with Crippen LogP contribution >= 0.6 is 0 Å². The maximum absolute atomic E-state index is 14.9. The molecular formula is C22H38FNO3SSi. The third-order valence-corrected chi connectivity index (χ3v) is 12.5. The number of ether oxygens (including phenoxy) is 1. The number of nitrogens with one attached hydrogen (secondary N) is 1. The van der Waals surface area contributed by atoms with Crippen molar-refractivity contribution in [2.75, 3.05) is 13.2 Å². The van der Waals surface area contributed by atoms with Crippen LogP contribution in [0.5, 0.6) is 0 Å². The van der Waals surface area contributed by atoms with E-state index in [9.17, 15) is 8.60 Å². The van der Waals surface area contributed by atoms with Crippen molar-refractivity contribution in [1.82, 2.24) is 4.72 Å². The molecule has 166 valence electrons. The Labute approximate surface area is 179 Å². The number of hydrogen-bond acceptors (Lipinski definition) is 3. The fourth-order valence-corrected chi connectivity index (χ4v) is 5.60. The van der Waals surface area contributed by atoms with Crippen LogP contribution in [0.25, 0.3) is 0 Å². The number of rotatable bonds is 6. The molecule has 0 aliphatic carbocycles. The Morgan fingerprint density at radius 1 is 1.10 bits per heavy atom. The minimum absolute atomic E-state index is 0.0518. The van der Waals surface area contributed by atoms with Crippen molar-refractivity contribution in [2.45, 2.75) is 83.0 Å². The molecule has 7 heteroatoms. The van der Waals surface area contributed by atoms with Gasteiger partial charge in [0, 0.05) is 11.5 Å². The van der Waals surface area contributed by atoms with Crippen LogP contribution in [0, 0.1) is 11.7 Å². The second kappa shape index (κ2) is 8.50. The summed E-state index contributed by atoms with van der Waals surface area (Å²) in [4.78, 5) is 0. The van der Waals surface area contributed by atoms with Crippen LogP contribution in [0.15, 0.2) is 24.3 Å². The highest BCUT2D eigenvalue weighted by Crippen LogP contribution is 2.43. The van der Waals surface area contributed by atoms with E-state index < -0.39 is 29.6 Å². The maximum atomic E-state index is 14.9. The highest BCUT2D eigenvalue weighted by Gasteiger charge is 2.50. The zero-order valence-electron chi connectivity index (χ0n) is 19.4. The van der Waals surface area contributed by atoms with Crippen LogP contribution in [0.4, 0.5) is 4.39 Å². The van der Waals surface area contributed by atoms with Gasteiger partial charge in [0.1, 0.15) is 5.82 Å². The molecule has 1 aliphatic rings. The standard InChI is InChI=1S/C22H38FNO3SSi/c1-20(2,3)28(25)24-22(7,16-12-10-11-13-18(16)23)17-14-26-15-19(17)27-29(8,9)21(4,5)6/h10-13,17,19,24H,14-15H2,1-9H3/t17-,19+,22+,28-/m0/s1. The van der Waals surface area contributed by atoms with Crippen LogP contribution in [0.3, 0.4) is 0 Å².